The Morgan fingerprint density at radius 3 is 2.59 bits per heavy atom. The zero-order chi connectivity index (χ0) is 35.3. The SMILES string of the molecule is COCCCn1c(C2CCCN(C(=O)C[C@@H](C)N(C(=O)OC(C)(C)C)c3ccc(NC(=O)c4c[nH]cn4)cc3)C2)c(C)c2cccc(F)c21. The van der Waals surface area contributed by atoms with Crippen molar-refractivity contribution < 1.29 is 28.2 Å². The number of aryl methyl sites for hydroxylation is 2. The van der Waals surface area contributed by atoms with E-state index in [1.54, 1.807) is 58.2 Å². The van der Waals surface area contributed by atoms with Crippen LogP contribution in [0.5, 0.6) is 0 Å². The Balaban J connectivity index is 1.34. The first-order chi connectivity index (χ1) is 23.4. The number of piperidine rings is 1. The number of amides is 3. The number of methoxy groups -OCH3 is 1. The number of anilines is 2. The van der Waals surface area contributed by atoms with Gasteiger partial charge in [0.25, 0.3) is 5.91 Å². The summed E-state index contributed by atoms with van der Waals surface area (Å²) in [6.07, 6.45) is 4.87. The molecule has 12 heteroatoms. The van der Waals surface area contributed by atoms with Crippen LogP contribution in [0.25, 0.3) is 10.9 Å². The van der Waals surface area contributed by atoms with Gasteiger partial charge in [-0.2, -0.15) is 0 Å². The second-order valence-corrected chi connectivity index (χ2v) is 13.7. The van der Waals surface area contributed by atoms with Crippen LogP contribution in [0.2, 0.25) is 0 Å². The molecule has 1 saturated heterocycles. The van der Waals surface area contributed by atoms with Crippen molar-refractivity contribution >= 4 is 40.2 Å². The summed E-state index contributed by atoms with van der Waals surface area (Å²) in [6.45, 7) is 11.6. The Kier molecular flexibility index (Phi) is 11.1. The van der Waals surface area contributed by atoms with E-state index in [0.717, 1.165) is 35.9 Å². The second kappa shape index (κ2) is 15.2. The standard InChI is InChI=1S/C37H47FN6O5/c1-24(44(36(47)49-37(3,4)5)28-15-13-27(14-16-28)41-35(46)31-21-39-23-40-31)20-32(45)42-17-8-10-26(22-42)33-25(2)29-11-7-12-30(38)34(29)43(33)18-9-19-48-6/h7,11-16,21,23-24,26H,8-10,17-20,22H2,1-6H3,(H,39,40)(H,41,46)/t24-,26?/m1/s1. The van der Waals surface area contributed by atoms with Gasteiger partial charge in [0.15, 0.2) is 0 Å². The highest BCUT2D eigenvalue weighted by Crippen LogP contribution is 2.37. The van der Waals surface area contributed by atoms with Crippen LogP contribution in [-0.2, 0) is 20.8 Å². The van der Waals surface area contributed by atoms with Crippen LogP contribution in [-0.4, -0.2) is 75.8 Å². The number of carbonyl (C=O) groups is 3. The van der Waals surface area contributed by atoms with Crippen molar-refractivity contribution in [3.63, 3.8) is 0 Å². The fourth-order valence-electron chi connectivity index (χ4n) is 6.71. The number of carbonyl (C=O) groups excluding carboxylic acids is 3. The molecule has 0 radical (unpaired) electrons. The number of nitrogens with zero attached hydrogens (tertiary/aromatic N) is 4. The second-order valence-electron chi connectivity index (χ2n) is 13.7. The third kappa shape index (κ3) is 8.30. The van der Waals surface area contributed by atoms with Gasteiger partial charge in [-0.15, -0.1) is 0 Å². The largest absolute Gasteiger partial charge is 0.443 e. The van der Waals surface area contributed by atoms with Gasteiger partial charge < -0.3 is 29.2 Å². The van der Waals surface area contributed by atoms with Crippen molar-refractivity contribution in [2.75, 3.05) is 37.0 Å². The van der Waals surface area contributed by atoms with Crippen LogP contribution >= 0.6 is 0 Å². The lowest BCUT2D eigenvalue weighted by molar-refractivity contribution is -0.132. The smallest absolute Gasteiger partial charge is 0.415 e. The van der Waals surface area contributed by atoms with Gasteiger partial charge in [-0.25, -0.2) is 14.2 Å². The van der Waals surface area contributed by atoms with Gasteiger partial charge in [-0.3, -0.25) is 14.5 Å². The first kappa shape index (κ1) is 35.6. The monoisotopic (exact) mass is 674 g/mol. The zero-order valence-electron chi connectivity index (χ0n) is 29.2. The minimum atomic E-state index is -0.754. The normalized spacial score (nSPS) is 15.7. The number of hydrogen-bond acceptors (Lipinski definition) is 6. The molecule has 0 bridgehead atoms. The number of fused-ring (bicyclic) bond motifs is 1. The van der Waals surface area contributed by atoms with Crippen LogP contribution in [0, 0.1) is 12.7 Å². The van der Waals surface area contributed by atoms with Gasteiger partial charge in [0.2, 0.25) is 5.91 Å². The van der Waals surface area contributed by atoms with E-state index in [1.807, 2.05) is 24.8 Å². The molecule has 0 aliphatic carbocycles. The maximum Gasteiger partial charge on any atom is 0.415 e. The molecule has 3 amide bonds. The highest BCUT2D eigenvalue weighted by molar-refractivity contribution is 6.03. The van der Waals surface area contributed by atoms with Crippen molar-refractivity contribution in [1.82, 2.24) is 19.4 Å². The predicted octanol–water partition coefficient (Wildman–Crippen LogP) is 7.03. The van der Waals surface area contributed by atoms with Gasteiger partial charge in [0.05, 0.1) is 11.8 Å². The lowest BCUT2D eigenvalue weighted by Crippen LogP contribution is -2.46. The minimum Gasteiger partial charge on any atom is -0.443 e. The average molecular weight is 675 g/mol. The molecule has 1 aliphatic rings. The van der Waals surface area contributed by atoms with Gasteiger partial charge in [-0.1, -0.05) is 12.1 Å². The van der Waals surface area contributed by atoms with Crippen molar-refractivity contribution in [1.29, 1.82) is 0 Å². The van der Waals surface area contributed by atoms with E-state index < -0.39 is 17.7 Å². The van der Waals surface area contributed by atoms with Gasteiger partial charge >= 0.3 is 6.09 Å². The van der Waals surface area contributed by atoms with Gasteiger partial charge in [0, 0.05) is 80.4 Å². The Bertz CT molecular complexity index is 1760. The summed E-state index contributed by atoms with van der Waals surface area (Å²) >= 11 is 0. The third-order valence-electron chi connectivity index (χ3n) is 8.86. The van der Waals surface area contributed by atoms with E-state index in [1.165, 1.54) is 23.5 Å². The fraction of sp³-hybridized carbons (Fsp3) is 0.459. The molecule has 4 aromatic rings. The van der Waals surface area contributed by atoms with Crippen LogP contribution in [0.3, 0.4) is 0 Å². The van der Waals surface area contributed by atoms with Crippen molar-refractivity contribution in [3.05, 3.63) is 77.8 Å². The highest BCUT2D eigenvalue weighted by Gasteiger charge is 2.33. The molecule has 3 heterocycles. The molecule has 2 atom stereocenters. The molecule has 0 spiro atoms. The lowest BCUT2D eigenvalue weighted by Gasteiger charge is -2.36. The molecule has 5 rings (SSSR count). The number of rotatable bonds is 11. The molecular formula is C37H47FN6O5. The maximum atomic E-state index is 15.2. The average Bonchev–Trinajstić information content (AvgIpc) is 3.69. The number of hydrogen-bond donors (Lipinski definition) is 2. The molecule has 2 aromatic carbocycles. The lowest BCUT2D eigenvalue weighted by atomic mass is 9.91. The summed E-state index contributed by atoms with van der Waals surface area (Å²) in [5.74, 6) is -0.655. The fourth-order valence-corrected chi connectivity index (χ4v) is 6.71. The van der Waals surface area contributed by atoms with Gasteiger partial charge in [-0.05, 0) is 89.8 Å². The summed E-state index contributed by atoms with van der Waals surface area (Å²) in [4.78, 5) is 50.1. The number of aromatic nitrogens is 3. The van der Waals surface area contributed by atoms with E-state index in [9.17, 15) is 14.4 Å². The van der Waals surface area contributed by atoms with Crippen LogP contribution in [0.15, 0.2) is 55.0 Å². The van der Waals surface area contributed by atoms with E-state index in [2.05, 4.69) is 19.9 Å². The summed E-state index contributed by atoms with van der Waals surface area (Å²) in [6, 6.07) is 11.5. The van der Waals surface area contributed by atoms with Crippen molar-refractivity contribution in [2.24, 2.45) is 0 Å². The number of H-pyrrole nitrogens is 1. The van der Waals surface area contributed by atoms with E-state index in [-0.39, 0.29) is 35.7 Å². The molecule has 11 nitrogen and oxygen atoms in total. The van der Waals surface area contributed by atoms with E-state index in [4.69, 9.17) is 9.47 Å². The Labute approximate surface area is 286 Å². The zero-order valence-corrected chi connectivity index (χ0v) is 29.2. The number of aromatic amines is 1. The predicted molar refractivity (Wildman–Crippen MR) is 187 cm³/mol. The third-order valence-corrected chi connectivity index (χ3v) is 8.86. The van der Waals surface area contributed by atoms with Crippen molar-refractivity contribution in [3.8, 4) is 0 Å². The summed E-state index contributed by atoms with van der Waals surface area (Å²) in [5.41, 5.74) is 3.26. The summed E-state index contributed by atoms with van der Waals surface area (Å²) in [7, 11) is 1.66. The van der Waals surface area contributed by atoms with Crippen molar-refractivity contribution in [2.45, 2.75) is 84.4 Å². The van der Waals surface area contributed by atoms with Crippen LogP contribution in [0.4, 0.5) is 20.6 Å². The first-order valence-corrected chi connectivity index (χ1v) is 16.8. The number of likely N-dealkylation sites (tertiary alicyclic amines) is 1. The number of imidazole rings is 1. The first-order valence-electron chi connectivity index (χ1n) is 16.8. The number of halogens is 1. The van der Waals surface area contributed by atoms with Crippen LogP contribution in [0.1, 0.15) is 81.0 Å². The summed E-state index contributed by atoms with van der Waals surface area (Å²) in [5, 5.41) is 3.68. The Hall–Kier alpha value is -4.71. The number of nitrogens with one attached hydrogen (secondary N) is 2. The molecule has 1 fully saturated rings. The minimum absolute atomic E-state index is 0.0357. The molecule has 1 unspecified atom stereocenters. The molecule has 2 N–H and O–H groups in total. The quantitative estimate of drug-likeness (QED) is 0.165. The topological polar surface area (TPSA) is 122 Å². The molecule has 49 heavy (non-hydrogen) atoms. The number of ether oxygens (including phenoxy) is 2. The maximum absolute atomic E-state index is 15.2. The molecule has 1 aliphatic heterocycles. The summed E-state index contributed by atoms with van der Waals surface area (Å²) < 4.78 is 28.4. The molecule has 2 aromatic heterocycles. The molecule has 262 valence electrons. The van der Waals surface area contributed by atoms with E-state index >= 15 is 4.39 Å². The molecular weight excluding hydrogens is 627 g/mol. The van der Waals surface area contributed by atoms with E-state index in [0.29, 0.717) is 43.1 Å². The van der Waals surface area contributed by atoms with Crippen LogP contribution < -0.4 is 10.2 Å². The number of benzene rings is 2. The Morgan fingerprint density at radius 1 is 1.16 bits per heavy atom. The van der Waals surface area contributed by atoms with Gasteiger partial charge in [0.1, 0.15) is 17.1 Å². The Morgan fingerprint density at radius 2 is 1.92 bits per heavy atom. The molecule has 0 saturated carbocycles. The number of para-hydroxylation sites is 1. The highest BCUT2D eigenvalue weighted by atomic mass is 19.1.